The molecule has 0 fully saturated rings. The van der Waals surface area contributed by atoms with E-state index >= 15 is 0 Å². The lowest BCUT2D eigenvalue weighted by molar-refractivity contribution is 1.20. The Morgan fingerprint density at radius 3 is 2.76 bits per heavy atom. The van der Waals surface area contributed by atoms with Gasteiger partial charge in [0.15, 0.2) is 0 Å². The third-order valence-electron chi connectivity index (χ3n) is 4.20. The maximum absolute atomic E-state index is 5.49. The minimum atomic E-state index is 0.749. The number of hydrogen-bond donors (Lipinski definition) is 2. The molecule has 0 bridgehead atoms. The van der Waals surface area contributed by atoms with Crippen molar-refractivity contribution in [3.05, 3.63) is 72.2 Å². The van der Waals surface area contributed by atoms with Crippen molar-refractivity contribution in [1.82, 2.24) is 15.0 Å². The predicted molar refractivity (Wildman–Crippen MR) is 102 cm³/mol. The SMILES string of the molecule is C#Cc1cccc(Nc2ncnc3[nH]cc(-c4ccccc4C)c23)c1. The molecule has 0 amide bonds. The molecule has 0 aliphatic heterocycles. The predicted octanol–water partition coefficient (Wildman–Crippen LogP) is 4.66. The standard InChI is InChI=1S/C21H16N4/c1-3-15-8-6-9-16(11-15)25-21-19-18(12-22-20(19)23-13-24-21)17-10-5-4-7-14(17)2/h1,4-13H,2H3,(H2,22,23,24,25). The molecule has 0 aliphatic rings. The highest BCUT2D eigenvalue weighted by atomic mass is 15.0. The van der Waals surface area contributed by atoms with Crippen LogP contribution < -0.4 is 5.32 Å². The maximum atomic E-state index is 5.49. The van der Waals surface area contributed by atoms with E-state index in [9.17, 15) is 0 Å². The van der Waals surface area contributed by atoms with Crippen LogP contribution in [0.1, 0.15) is 11.1 Å². The van der Waals surface area contributed by atoms with Crippen molar-refractivity contribution in [2.75, 3.05) is 5.32 Å². The fourth-order valence-corrected chi connectivity index (χ4v) is 2.97. The molecule has 4 rings (SSSR count). The van der Waals surface area contributed by atoms with Gasteiger partial charge in [0.05, 0.1) is 5.39 Å². The van der Waals surface area contributed by atoms with Gasteiger partial charge in [0.25, 0.3) is 0 Å². The van der Waals surface area contributed by atoms with Gasteiger partial charge in [-0.2, -0.15) is 0 Å². The molecule has 0 radical (unpaired) electrons. The first kappa shape index (κ1) is 15.0. The van der Waals surface area contributed by atoms with E-state index in [4.69, 9.17) is 6.42 Å². The number of terminal acetylenes is 1. The van der Waals surface area contributed by atoms with E-state index in [-0.39, 0.29) is 0 Å². The third kappa shape index (κ3) is 2.73. The van der Waals surface area contributed by atoms with Gasteiger partial charge in [-0.25, -0.2) is 9.97 Å². The van der Waals surface area contributed by atoms with E-state index in [2.05, 4.69) is 45.2 Å². The molecule has 2 aromatic carbocycles. The molecule has 0 saturated carbocycles. The monoisotopic (exact) mass is 324 g/mol. The van der Waals surface area contributed by atoms with Gasteiger partial charge in [0.2, 0.25) is 0 Å². The number of fused-ring (bicyclic) bond motifs is 1. The zero-order chi connectivity index (χ0) is 17.2. The molecule has 25 heavy (non-hydrogen) atoms. The Morgan fingerprint density at radius 2 is 1.92 bits per heavy atom. The van der Waals surface area contributed by atoms with Crippen molar-refractivity contribution in [1.29, 1.82) is 0 Å². The highest BCUT2D eigenvalue weighted by Gasteiger charge is 2.14. The Kier molecular flexibility index (Phi) is 3.68. The second kappa shape index (κ2) is 6.14. The van der Waals surface area contributed by atoms with Crippen LogP contribution in [0.5, 0.6) is 0 Å². The quantitative estimate of drug-likeness (QED) is 0.539. The molecule has 4 aromatic rings. The molecule has 120 valence electrons. The van der Waals surface area contributed by atoms with Crippen LogP contribution in [0.4, 0.5) is 11.5 Å². The Bertz CT molecular complexity index is 1100. The van der Waals surface area contributed by atoms with Gasteiger partial charge in [-0.1, -0.05) is 36.3 Å². The zero-order valence-electron chi connectivity index (χ0n) is 13.7. The summed E-state index contributed by atoms with van der Waals surface area (Å²) in [6, 6.07) is 16.0. The summed E-state index contributed by atoms with van der Waals surface area (Å²) >= 11 is 0. The van der Waals surface area contributed by atoms with Crippen molar-refractivity contribution in [3.63, 3.8) is 0 Å². The molecule has 2 N–H and O–H groups in total. The number of H-pyrrole nitrogens is 1. The summed E-state index contributed by atoms with van der Waals surface area (Å²) in [5.41, 5.74) is 5.94. The van der Waals surface area contributed by atoms with Crippen LogP contribution in [0.3, 0.4) is 0 Å². The van der Waals surface area contributed by atoms with Gasteiger partial charge in [-0.05, 0) is 36.2 Å². The Balaban J connectivity index is 1.86. The summed E-state index contributed by atoms with van der Waals surface area (Å²) in [7, 11) is 0. The Labute approximate surface area is 146 Å². The van der Waals surface area contributed by atoms with Gasteiger partial charge in [0, 0.05) is 23.0 Å². The summed E-state index contributed by atoms with van der Waals surface area (Å²) in [4.78, 5) is 12.0. The smallest absolute Gasteiger partial charge is 0.143 e. The first-order valence-corrected chi connectivity index (χ1v) is 7.98. The molecule has 2 aromatic heterocycles. The number of aryl methyl sites for hydroxylation is 1. The number of anilines is 2. The summed E-state index contributed by atoms with van der Waals surface area (Å²) < 4.78 is 0. The lowest BCUT2D eigenvalue weighted by Crippen LogP contribution is -1.96. The number of benzene rings is 2. The summed E-state index contributed by atoms with van der Waals surface area (Å²) in [5.74, 6) is 3.40. The third-order valence-corrected chi connectivity index (χ3v) is 4.20. The van der Waals surface area contributed by atoms with Crippen molar-refractivity contribution in [2.45, 2.75) is 6.92 Å². The second-order valence-electron chi connectivity index (χ2n) is 5.81. The number of aromatic amines is 1. The van der Waals surface area contributed by atoms with Gasteiger partial charge >= 0.3 is 0 Å². The van der Waals surface area contributed by atoms with Crippen LogP contribution in [0.2, 0.25) is 0 Å². The van der Waals surface area contributed by atoms with Crippen LogP contribution in [0, 0.1) is 19.3 Å². The van der Waals surface area contributed by atoms with E-state index in [0.29, 0.717) is 0 Å². The molecular formula is C21H16N4. The molecule has 4 nitrogen and oxygen atoms in total. The molecule has 2 heterocycles. The minimum Gasteiger partial charge on any atom is -0.345 e. The first-order valence-electron chi connectivity index (χ1n) is 7.98. The molecule has 0 aliphatic carbocycles. The largest absolute Gasteiger partial charge is 0.345 e. The maximum Gasteiger partial charge on any atom is 0.143 e. The zero-order valence-corrected chi connectivity index (χ0v) is 13.7. The van der Waals surface area contributed by atoms with E-state index < -0.39 is 0 Å². The van der Waals surface area contributed by atoms with Crippen molar-refractivity contribution >= 4 is 22.5 Å². The van der Waals surface area contributed by atoms with Crippen LogP contribution in [0.15, 0.2) is 61.1 Å². The van der Waals surface area contributed by atoms with Gasteiger partial charge in [0.1, 0.15) is 17.8 Å². The van der Waals surface area contributed by atoms with Crippen LogP contribution in [-0.4, -0.2) is 15.0 Å². The summed E-state index contributed by atoms with van der Waals surface area (Å²) in [6.07, 6.45) is 9.02. The number of hydrogen-bond acceptors (Lipinski definition) is 3. The Morgan fingerprint density at radius 1 is 1.04 bits per heavy atom. The van der Waals surface area contributed by atoms with Crippen molar-refractivity contribution in [2.24, 2.45) is 0 Å². The molecule has 0 saturated heterocycles. The van der Waals surface area contributed by atoms with Gasteiger partial charge in [-0.3, -0.25) is 0 Å². The first-order chi connectivity index (χ1) is 12.3. The lowest BCUT2D eigenvalue weighted by atomic mass is 10.0. The molecule has 0 atom stereocenters. The van der Waals surface area contributed by atoms with E-state index in [1.54, 1.807) is 6.33 Å². The van der Waals surface area contributed by atoms with Gasteiger partial charge < -0.3 is 10.3 Å². The van der Waals surface area contributed by atoms with E-state index in [1.165, 1.54) is 5.56 Å². The van der Waals surface area contributed by atoms with Gasteiger partial charge in [-0.15, -0.1) is 6.42 Å². The summed E-state index contributed by atoms with van der Waals surface area (Å²) in [5, 5.41) is 4.33. The second-order valence-corrected chi connectivity index (χ2v) is 5.81. The lowest BCUT2D eigenvalue weighted by Gasteiger charge is -2.10. The number of nitrogens with zero attached hydrogens (tertiary/aromatic N) is 2. The highest BCUT2D eigenvalue weighted by molar-refractivity contribution is 6.02. The Hall–Kier alpha value is -3.58. The van der Waals surface area contributed by atoms with E-state index in [0.717, 1.165) is 39.2 Å². The summed E-state index contributed by atoms with van der Waals surface area (Å²) in [6.45, 7) is 2.10. The molecule has 0 unspecified atom stereocenters. The number of aromatic nitrogens is 3. The minimum absolute atomic E-state index is 0.749. The molecule has 0 spiro atoms. The highest BCUT2D eigenvalue weighted by Crippen LogP contribution is 2.34. The van der Waals surface area contributed by atoms with E-state index in [1.807, 2.05) is 42.6 Å². The molecular weight excluding hydrogens is 308 g/mol. The average Bonchev–Trinajstić information content (AvgIpc) is 3.07. The molecule has 4 heteroatoms. The average molecular weight is 324 g/mol. The van der Waals surface area contributed by atoms with Crippen molar-refractivity contribution < 1.29 is 0 Å². The van der Waals surface area contributed by atoms with Crippen LogP contribution >= 0.6 is 0 Å². The fourth-order valence-electron chi connectivity index (χ4n) is 2.97. The number of rotatable bonds is 3. The van der Waals surface area contributed by atoms with Crippen molar-refractivity contribution in [3.8, 4) is 23.5 Å². The fraction of sp³-hybridized carbons (Fsp3) is 0.0476. The van der Waals surface area contributed by atoms with Crippen LogP contribution in [0.25, 0.3) is 22.2 Å². The normalized spacial score (nSPS) is 10.6. The van der Waals surface area contributed by atoms with Crippen LogP contribution in [-0.2, 0) is 0 Å². The number of nitrogens with one attached hydrogen (secondary N) is 2. The topological polar surface area (TPSA) is 53.6 Å².